The average Bonchev–Trinajstić information content (AvgIpc) is 1.97. The molecule has 0 aromatic heterocycles. The van der Waals surface area contributed by atoms with Crippen molar-refractivity contribution in [3.63, 3.8) is 0 Å². The van der Waals surface area contributed by atoms with Gasteiger partial charge in [0, 0.05) is 5.75 Å². The van der Waals surface area contributed by atoms with E-state index in [1.54, 1.807) is 17.8 Å². The fraction of sp³-hybridized carbons (Fsp3) is 0.625. The van der Waals surface area contributed by atoms with Crippen LogP contribution < -0.4 is 0 Å². The van der Waals surface area contributed by atoms with Gasteiger partial charge in [0.2, 0.25) is 0 Å². The Kier molecular flexibility index (Phi) is 6.03. The molecular weight excluding hydrogens is 160 g/mol. The first-order valence-corrected chi connectivity index (χ1v) is 4.79. The molecule has 0 bridgehead atoms. The van der Waals surface area contributed by atoms with Crippen LogP contribution in [0.2, 0.25) is 0 Å². The van der Waals surface area contributed by atoms with Crippen LogP contribution in [-0.2, 0) is 4.79 Å². The summed E-state index contributed by atoms with van der Waals surface area (Å²) in [6.07, 6.45) is 2.23. The highest BCUT2D eigenvalue weighted by atomic mass is 32.2. The van der Waals surface area contributed by atoms with Crippen molar-refractivity contribution in [3.05, 3.63) is 12.7 Å². The van der Waals surface area contributed by atoms with E-state index in [1.165, 1.54) is 0 Å². The van der Waals surface area contributed by atoms with E-state index >= 15 is 0 Å². The van der Waals surface area contributed by atoms with Gasteiger partial charge < -0.3 is 5.11 Å². The number of thioether (sulfide) groups is 1. The largest absolute Gasteiger partial charge is 0.481 e. The molecule has 1 N–H and O–H groups in total. The zero-order valence-electron chi connectivity index (χ0n) is 6.75. The molecule has 0 aromatic carbocycles. The summed E-state index contributed by atoms with van der Waals surface area (Å²) in [7, 11) is 0. The number of allylic oxidation sites excluding steroid dienone is 1. The number of hydrogen-bond donors (Lipinski definition) is 1. The second kappa shape index (κ2) is 6.28. The van der Waals surface area contributed by atoms with Crippen LogP contribution in [-0.4, -0.2) is 22.6 Å². The van der Waals surface area contributed by atoms with E-state index in [9.17, 15) is 4.79 Å². The molecule has 0 aromatic rings. The van der Waals surface area contributed by atoms with E-state index in [4.69, 9.17) is 5.11 Å². The smallest absolute Gasteiger partial charge is 0.307 e. The van der Waals surface area contributed by atoms with Crippen molar-refractivity contribution in [1.82, 2.24) is 0 Å². The van der Waals surface area contributed by atoms with E-state index in [0.29, 0.717) is 12.2 Å². The molecule has 0 radical (unpaired) electrons. The van der Waals surface area contributed by atoms with Crippen molar-refractivity contribution in [1.29, 1.82) is 0 Å². The number of carboxylic acids is 1. The van der Waals surface area contributed by atoms with Gasteiger partial charge in [0.05, 0.1) is 5.92 Å². The first kappa shape index (κ1) is 10.6. The fourth-order valence-electron chi connectivity index (χ4n) is 0.701. The Morgan fingerprint density at radius 2 is 2.45 bits per heavy atom. The summed E-state index contributed by atoms with van der Waals surface area (Å²) < 4.78 is 0. The first-order chi connectivity index (χ1) is 5.22. The quantitative estimate of drug-likeness (QED) is 0.626. The van der Waals surface area contributed by atoms with Gasteiger partial charge in [0.1, 0.15) is 0 Å². The van der Waals surface area contributed by atoms with Crippen LogP contribution in [0.15, 0.2) is 12.7 Å². The average molecular weight is 174 g/mol. The summed E-state index contributed by atoms with van der Waals surface area (Å²) in [5.74, 6) is 0.696. The first-order valence-electron chi connectivity index (χ1n) is 3.63. The van der Waals surface area contributed by atoms with E-state index in [1.807, 2.05) is 6.92 Å². The van der Waals surface area contributed by atoms with Gasteiger partial charge in [0.15, 0.2) is 0 Å². The molecule has 0 spiro atoms. The van der Waals surface area contributed by atoms with Gasteiger partial charge in [-0.15, -0.1) is 6.58 Å². The van der Waals surface area contributed by atoms with Crippen molar-refractivity contribution in [2.45, 2.75) is 13.3 Å². The standard InChI is InChI=1S/C8H14O2S/c1-3-5-7(8(9)10)6-11-4-2/h3,7H,1,4-6H2,2H3,(H,9,10). The summed E-state index contributed by atoms with van der Waals surface area (Å²) in [5, 5.41) is 8.67. The van der Waals surface area contributed by atoms with Gasteiger partial charge in [0.25, 0.3) is 0 Å². The van der Waals surface area contributed by atoms with Crippen LogP contribution in [0.5, 0.6) is 0 Å². The lowest BCUT2D eigenvalue weighted by molar-refractivity contribution is -0.140. The van der Waals surface area contributed by atoms with E-state index in [-0.39, 0.29) is 5.92 Å². The molecule has 11 heavy (non-hydrogen) atoms. The maximum absolute atomic E-state index is 10.5. The van der Waals surface area contributed by atoms with Gasteiger partial charge in [-0.3, -0.25) is 4.79 Å². The lowest BCUT2D eigenvalue weighted by Crippen LogP contribution is -2.15. The summed E-state index contributed by atoms with van der Waals surface area (Å²) in [4.78, 5) is 10.5. The number of carbonyl (C=O) groups is 1. The molecule has 2 nitrogen and oxygen atoms in total. The number of carboxylic acid groups (broad SMARTS) is 1. The van der Waals surface area contributed by atoms with Crippen molar-refractivity contribution >= 4 is 17.7 Å². The highest BCUT2D eigenvalue weighted by Crippen LogP contribution is 2.12. The minimum absolute atomic E-state index is 0.252. The Balaban J connectivity index is 3.69. The Morgan fingerprint density at radius 3 is 2.82 bits per heavy atom. The van der Waals surface area contributed by atoms with Crippen LogP contribution in [0.4, 0.5) is 0 Å². The Hall–Kier alpha value is -0.440. The fourth-order valence-corrected chi connectivity index (χ4v) is 1.50. The topological polar surface area (TPSA) is 37.3 Å². The van der Waals surface area contributed by atoms with Crippen molar-refractivity contribution in [2.75, 3.05) is 11.5 Å². The van der Waals surface area contributed by atoms with Crippen LogP contribution in [0, 0.1) is 5.92 Å². The molecule has 0 aliphatic carbocycles. The Morgan fingerprint density at radius 1 is 1.82 bits per heavy atom. The number of aliphatic carboxylic acids is 1. The molecule has 0 aliphatic rings. The maximum Gasteiger partial charge on any atom is 0.307 e. The third-order valence-electron chi connectivity index (χ3n) is 1.32. The van der Waals surface area contributed by atoms with Gasteiger partial charge in [-0.25, -0.2) is 0 Å². The maximum atomic E-state index is 10.5. The lowest BCUT2D eigenvalue weighted by atomic mass is 10.1. The predicted molar refractivity (Wildman–Crippen MR) is 48.9 cm³/mol. The van der Waals surface area contributed by atoms with Gasteiger partial charge in [-0.1, -0.05) is 13.0 Å². The molecule has 0 saturated heterocycles. The van der Waals surface area contributed by atoms with E-state index in [2.05, 4.69) is 6.58 Å². The molecular formula is C8H14O2S. The molecule has 0 heterocycles. The monoisotopic (exact) mass is 174 g/mol. The van der Waals surface area contributed by atoms with Crippen LogP contribution in [0.3, 0.4) is 0 Å². The Bertz CT molecular complexity index is 134. The third-order valence-corrected chi connectivity index (χ3v) is 2.37. The van der Waals surface area contributed by atoms with Crippen LogP contribution >= 0.6 is 11.8 Å². The number of rotatable bonds is 6. The lowest BCUT2D eigenvalue weighted by Gasteiger charge is -2.07. The summed E-state index contributed by atoms with van der Waals surface area (Å²) in [5.41, 5.74) is 0. The van der Waals surface area contributed by atoms with E-state index < -0.39 is 5.97 Å². The molecule has 0 saturated carbocycles. The second-order valence-electron chi connectivity index (χ2n) is 2.22. The van der Waals surface area contributed by atoms with Gasteiger partial charge in [-0.2, -0.15) is 11.8 Å². The SMILES string of the molecule is C=CCC(CSCC)C(=O)O. The molecule has 3 heteroatoms. The van der Waals surface area contributed by atoms with E-state index in [0.717, 1.165) is 5.75 Å². The molecule has 0 amide bonds. The van der Waals surface area contributed by atoms with Crippen molar-refractivity contribution in [3.8, 4) is 0 Å². The zero-order valence-corrected chi connectivity index (χ0v) is 7.56. The van der Waals surface area contributed by atoms with Crippen molar-refractivity contribution < 1.29 is 9.90 Å². The predicted octanol–water partition coefficient (Wildman–Crippen LogP) is 2.02. The molecule has 0 fully saturated rings. The molecule has 0 aliphatic heterocycles. The normalized spacial score (nSPS) is 12.5. The highest BCUT2D eigenvalue weighted by Gasteiger charge is 2.14. The van der Waals surface area contributed by atoms with Gasteiger partial charge in [-0.05, 0) is 12.2 Å². The summed E-state index contributed by atoms with van der Waals surface area (Å²) in [6, 6.07) is 0. The highest BCUT2D eigenvalue weighted by molar-refractivity contribution is 7.99. The molecule has 1 atom stereocenters. The molecule has 64 valence electrons. The summed E-state index contributed by atoms with van der Waals surface area (Å²) in [6.45, 7) is 5.54. The molecule has 1 unspecified atom stereocenters. The van der Waals surface area contributed by atoms with Crippen LogP contribution in [0.25, 0.3) is 0 Å². The summed E-state index contributed by atoms with van der Waals surface area (Å²) >= 11 is 1.66. The van der Waals surface area contributed by atoms with Crippen molar-refractivity contribution in [2.24, 2.45) is 5.92 Å². The zero-order chi connectivity index (χ0) is 8.69. The third kappa shape index (κ3) is 4.90. The molecule has 0 rings (SSSR count). The minimum Gasteiger partial charge on any atom is -0.481 e. The van der Waals surface area contributed by atoms with Gasteiger partial charge >= 0.3 is 5.97 Å². The minimum atomic E-state index is -0.717. The van der Waals surface area contributed by atoms with Crippen LogP contribution in [0.1, 0.15) is 13.3 Å². The second-order valence-corrected chi connectivity index (χ2v) is 3.54. The Labute approximate surface area is 71.7 Å². The number of hydrogen-bond acceptors (Lipinski definition) is 2.